The Labute approximate surface area is 193 Å². The molecule has 3 rings (SSSR count). The summed E-state index contributed by atoms with van der Waals surface area (Å²) in [5, 5.41) is 8.88. The number of carbonyl (C=O) groups is 2. The first-order chi connectivity index (χ1) is 15.3. The highest BCUT2D eigenvalue weighted by atomic mass is 35.5. The van der Waals surface area contributed by atoms with Crippen LogP contribution in [-0.2, 0) is 9.84 Å². The molecule has 0 aliphatic heterocycles. The summed E-state index contributed by atoms with van der Waals surface area (Å²) in [5.41, 5.74) is -5.96. The van der Waals surface area contributed by atoms with Crippen molar-refractivity contribution in [3.05, 3.63) is 52.0 Å². The summed E-state index contributed by atoms with van der Waals surface area (Å²) in [5.74, 6) is -1.05. The highest BCUT2D eigenvalue weighted by Crippen LogP contribution is 2.32. The van der Waals surface area contributed by atoms with Gasteiger partial charge in [0, 0.05) is 17.6 Å². The van der Waals surface area contributed by atoms with Crippen molar-refractivity contribution in [2.24, 2.45) is 0 Å². The number of hydrogen-bond acceptors (Lipinski definition) is 8. The van der Waals surface area contributed by atoms with Crippen LogP contribution in [0.15, 0.2) is 35.6 Å². The second kappa shape index (κ2) is 9.07. The average molecular weight is 523 g/mol. The number of alkyl halides is 3. The van der Waals surface area contributed by atoms with Crippen LogP contribution in [0.3, 0.4) is 0 Å². The average Bonchev–Trinajstić information content (AvgIpc) is 3.41. The van der Waals surface area contributed by atoms with Crippen molar-refractivity contribution in [3.63, 3.8) is 0 Å². The van der Waals surface area contributed by atoms with Crippen LogP contribution in [0.1, 0.15) is 38.8 Å². The highest BCUT2D eigenvalue weighted by molar-refractivity contribution is 7.92. The molecule has 0 spiro atoms. The third-order valence-corrected chi connectivity index (χ3v) is 6.84. The van der Waals surface area contributed by atoms with Crippen LogP contribution in [-0.4, -0.2) is 52.5 Å². The molecule has 1 aromatic carbocycles. The van der Waals surface area contributed by atoms with Gasteiger partial charge < -0.3 is 10.6 Å². The number of amides is 2. The van der Waals surface area contributed by atoms with Crippen molar-refractivity contribution in [2.75, 3.05) is 7.05 Å². The van der Waals surface area contributed by atoms with E-state index in [0.29, 0.717) is 17.0 Å². The van der Waals surface area contributed by atoms with E-state index in [1.165, 1.54) is 31.2 Å². The molecule has 2 heterocycles. The standard InChI is InChI=1S/C17H14ClF3N6O4S2/c1-8(13-24-7-25-27(13)16-23-6-12(32-16)15(29)22-2)26-14(28)9-3-10(18)5-11(4-9)33(30,31)17(19,20)21/h3-8H,1-2H3,(H,22,29)(H,26,28)/t8-/m0/s1. The van der Waals surface area contributed by atoms with E-state index in [1.807, 2.05) is 0 Å². The Hall–Kier alpha value is -3.04. The molecule has 3 aromatic rings. The van der Waals surface area contributed by atoms with Gasteiger partial charge in [0.2, 0.25) is 5.13 Å². The maximum absolute atomic E-state index is 12.9. The molecule has 176 valence electrons. The topological polar surface area (TPSA) is 136 Å². The number of carbonyl (C=O) groups excluding carboxylic acids is 2. The number of thiazole rings is 1. The molecular weight excluding hydrogens is 509 g/mol. The molecule has 0 saturated carbocycles. The van der Waals surface area contributed by atoms with Crippen LogP contribution < -0.4 is 10.6 Å². The molecule has 0 radical (unpaired) electrons. The van der Waals surface area contributed by atoms with E-state index in [-0.39, 0.29) is 21.9 Å². The van der Waals surface area contributed by atoms with Gasteiger partial charge in [0.1, 0.15) is 11.2 Å². The van der Waals surface area contributed by atoms with Gasteiger partial charge >= 0.3 is 5.51 Å². The molecule has 0 aliphatic carbocycles. The zero-order valence-corrected chi connectivity index (χ0v) is 19.1. The maximum Gasteiger partial charge on any atom is 0.501 e. The quantitative estimate of drug-likeness (QED) is 0.507. The molecule has 0 bridgehead atoms. The first-order valence-electron chi connectivity index (χ1n) is 8.86. The van der Waals surface area contributed by atoms with E-state index >= 15 is 0 Å². The fourth-order valence-corrected chi connectivity index (χ4v) is 4.57. The van der Waals surface area contributed by atoms with E-state index in [0.717, 1.165) is 17.4 Å². The number of aromatic nitrogens is 4. The monoisotopic (exact) mass is 522 g/mol. The summed E-state index contributed by atoms with van der Waals surface area (Å²) >= 11 is 6.77. The lowest BCUT2D eigenvalue weighted by atomic mass is 10.2. The summed E-state index contributed by atoms with van der Waals surface area (Å²) in [7, 11) is -4.25. The third-order valence-electron chi connectivity index (χ3n) is 4.18. The summed E-state index contributed by atoms with van der Waals surface area (Å²) in [4.78, 5) is 31.7. The van der Waals surface area contributed by atoms with E-state index in [2.05, 4.69) is 25.7 Å². The first-order valence-corrected chi connectivity index (χ1v) is 11.5. The van der Waals surface area contributed by atoms with Gasteiger partial charge in [0.05, 0.1) is 17.1 Å². The van der Waals surface area contributed by atoms with Crippen LogP contribution in [0.25, 0.3) is 5.13 Å². The van der Waals surface area contributed by atoms with E-state index in [4.69, 9.17) is 11.6 Å². The Morgan fingerprint density at radius 2 is 1.88 bits per heavy atom. The highest BCUT2D eigenvalue weighted by Gasteiger charge is 2.47. The normalized spacial score (nSPS) is 12.9. The zero-order valence-electron chi connectivity index (χ0n) is 16.7. The zero-order chi connectivity index (χ0) is 24.6. The van der Waals surface area contributed by atoms with Gasteiger partial charge in [-0.2, -0.15) is 23.0 Å². The fourth-order valence-electron chi connectivity index (χ4n) is 2.61. The molecule has 2 aromatic heterocycles. The second-order valence-corrected chi connectivity index (χ2v) is 9.82. The van der Waals surface area contributed by atoms with Gasteiger partial charge in [0.15, 0.2) is 5.82 Å². The van der Waals surface area contributed by atoms with Crippen molar-refractivity contribution in [3.8, 4) is 5.13 Å². The van der Waals surface area contributed by atoms with Crippen LogP contribution in [0.5, 0.6) is 0 Å². The smallest absolute Gasteiger partial charge is 0.354 e. The predicted octanol–water partition coefficient (Wildman–Crippen LogP) is 2.52. The van der Waals surface area contributed by atoms with Crippen molar-refractivity contribution in [1.82, 2.24) is 30.4 Å². The van der Waals surface area contributed by atoms with Gasteiger partial charge in [-0.3, -0.25) is 9.59 Å². The van der Waals surface area contributed by atoms with Gasteiger partial charge in [-0.05, 0) is 25.1 Å². The number of benzene rings is 1. The number of nitrogens with zero attached hydrogens (tertiary/aromatic N) is 4. The molecule has 2 N–H and O–H groups in total. The summed E-state index contributed by atoms with van der Waals surface area (Å²) in [6.45, 7) is 1.52. The summed E-state index contributed by atoms with van der Waals surface area (Å²) < 4.78 is 63.3. The van der Waals surface area contributed by atoms with Crippen LogP contribution in [0.2, 0.25) is 5.02 Å². The number of nitrogens with one attached hydrogen (secondary N) is 2. The number of hydrogen-bond donors (Lipinski definition) is 2. The third kappa shape index (κ3) is 4.99. The molecular formula is C17H14ClF3N6O4S2. The van der Waals surface area contributed by atoms with Crippen LogP contribution in [0, 0.1) is 0 Å². The molecule has 0 saturated heterocycles. The molecule has 2 amide bonds. The Balaban J connectivity index is 1.87. The lowest BCUT2D eigenvalue weighted by Gasteiger charge is -2.15. The summed E-state index contributed by atoms with van der Waals surface area (Å²) in [6, 6.07) is 1.38. The fraction of sp³-hybridized carbons (Fsp3) is 0.235. The Bertz CT molecular complexity index is 1320. The Morgan fingerprint density at radius 3 is 2.52 bits per heavy atom. The lowest BCUT2D eigenvalue weighted by molar-refractivity contribution is -0.0436. The second-order valence-electron chi connectivity index (χ2n) is 6.44. The van der Waals surface area contributed by atoms with Gasteiger partial charge in [-0.25, -0.2) is 18.4 Å². The molecule has 0 fully saturated rings. The Kier molecular flexibility index (Phi) is 6.76. The molecule has 33 heavy (non-hydrogen) atoms. The molecule has 0 aliphatic rings. The molecule has 16 heteroatoms. The molecule has 10 nitrogen and oxygen atoms in total. The summed E-state index contributed by atoms with van der Waals surface area (Å²) in [6.07, 6.45) is 2.52. The molecule has 0 unspecified atom stereocenters. The van der Waals surface area contributed by atoms with E-state index < -0.39 is 37.8 Å². The maximum atomic E-state index is 12.9. The van der Waals surface area contributed by atoms with E-state index in [9.17, 15) is 31.2 Å². The number of sulfone groups is 1. The minimum Gasteiger partial charge on any atom is -0.354 e. The van der Waals surface area contributed by atoms with Crippen molar-refractivity contribution in [1.29, 1.82) is 0 Å². The van der Waals surface area contributed by atoms with Gasteiger partial charge in [0.25, 0.3) is 21.7 Å². The SMILES string of the molecule is CNC(=O)c1cnc(-n2ncnc2[C@H](C)NC(=O)c2cc(Cl)cc(S(=O)(=O)C(F)(F)F)c2)s1. The molecule has 1 atom stereocenters. The van der Waals surface area contributed by atoms with Crippen molar-refractivity contribution in [2.45, 2.75) is 23.4 Å². The minimum absolute atomic E-state index is 0.200. The minimum atomic E-state index is -5.71. The van der Waals surface area contributed by atoms with Gasteiger partial charge in [-0.15, -0.1) is 0 Å². The number of rotatable bonds is 6. The first kappa shape index (κ1) is 24.6. The Morgan fingerprint density at radius 1 is 1.18 bits per heavy atom. The van der Waals surface area contributed by atoms with Crippen molar-refractivity contribution >= 4 is 44.6 Å². The van der Waals surface area contributed by atoms with Crippen LogP contribution in [0.4, 0.5) is 13.2 Å². The lowest BCUT2D eigenvalue weighted by Crippen LogP contribution is -2.29. The van der Waals surface area contributed by atoms with Crippen molar-refractivity contribution < 1.29 is 31.2 Å². The number of halogens is 4. The van der Waals surface area contributed by atoms with Gasteiger partial charge in [-0.1, -0.05) is 22.9 Å². The van der Waals surface area contributed by atoms with E-state index in [1.54, 1.807) is 0 Å². The van der Waals surface area contributed by atoms with Crippen LogP contribution >= 0.6 is 22.9 Å². The predicted molar refractivity (Wildman–Crippen MR) is 111 cm³/mol. The largest absolute Gasteiger partial charge is 0.501 e.